The molecule has 0 heterocycles. The van der Waals surface area contributed by atoms with Crippen LogP contribution in [0.25, 0.3) is 5.57 Å². The molecule has 1 aromatic rings. The molecule has 1 radical (unpaired) electrons. The quantitative estimate of drug-likeness (QED) is 0.798. The highest BCUT2D eigenvalue weighted by Gasteiger charge is 2.16. The number of methoxy groups -OCH3 is 2. The Hall–Kier alpha value is -1.74. The van der Waals surface area contributed by atoms with E-state index in [9.17, 15) is 0 Å². The average molecular weight is 286 g/mol. The number of hydrogen-bond donors (Lipinski definition) is 0. The highest BCUT2D eigenvalue weighted by atomic mass is 16.5. The van der Waals surface area contributed by atoms with Gasteiger partial charge in [0.25, 0.3) is 0 Å². The Bertz CT molecular complexity index is 544. The summed E-state index contributed by atoms with van der Waals surface area (Å²) in [4.78, 5) is 2.21. The zero-order chi connectivity index (χ0) is 15.2. The Balaban J connectivity index is 2.33. The molecule has 21 heavy (non-hydrogen) atoms. The second kappa shape index (κ2) is 7.32. The number of rotatable bonds is 6. The number of hydrogen-bond acceptors (Lipinski definition) is 3. The van der Waals surface area contributed by atoms with Crippen LogP contribution in [0.3, 0.4) is 0 Å². The number of benzene rings is 1. The van der Waals surface area contributed by atoms with E-state index >= 15 is 0 Å². The van der Waals surface area contributed by atoms with E-state index < -0.39 is 0 Å². The van der Waals surface area contributed by atoms with Crippen molar-refractivity contribution in [1.82, 2.24) is 4.90 Å². The summed E-state index contributed by atoms with van der Waals surface area (Å²) < 4.78 is 10.9. The van der Waals surface area contributed by atoms with E-state index in [2.05, 4.69) is 37.6 Å². The number of nitrogens with zero attached hydrogens (tertiary/aromatic N) is 1. The third-order valence-corrected chi connectivity index (χ3v) is 3.66. The van der Waals surface area contributed by atoms with Gasteiger partial charge in [0.2, 0.25) is 0 Å². The van der Waals surface area contributed by atoms with Crippen molar-refractivity contribution in [2.24, 2.45) is 0 Å². The molecule has 0 unspecified atom stereocenters. The van der Waals surface area contributed by atoms with Gasteiger partial charge in [0.1, 0.15) is 11.5 Å². The molecule has 0 fully saturated rings. The summed E-state index contributed by atoms with van der Waals surface area (Å²) in [6, 6.07) is 5.94. The minimum Gasteiger partial charge on any atom is -0.497 e. The van der Waals surface area contributed by atoms with Gasteiger partial charge < -0.3 is 14.4 Å². The minimum atomic E-state index is 0.851. The fourth-order valence-corrected chi connectivity index (χ4v) is 2.48. The first-order valence-corrected chi connectivity index (χ1v) is 7.25. The SMILES string of the molecule is COc1ccc(OC)c(C2=C[CH]CC=C2CCN(C)C)c1. The van der Waals surface area contributed by atoms with Crippen LogP contribution >= 0.6 is 0 Å². The predicted octanol–water partition coefficient (Wildman–Crippen LogP) is 3.57. The van der Waals surface area contributed by atoms with Crippen molar-refractivity contribution in [2.75, 3.05) is 34.9 Å². The van der Waals surface area contributed by atoms with Crippen LogP contribution in [-0.4, -0.2) is 39.8 Å². The lowest BCUT2D eigenvalue weighted by atomic mass is 9.89. The van der Waals surface area contributed by atoms with Gasteiger partial charge in [-0.15, -0.1) is 0 Å². The smallest absolute Gasteiger partial charge is 0.126 e. The van der Waals surface area contributed by atoms with Crippen LogP contribution in [0.4, 0.5) is 0 Å². The first kappa shape index (κ1) is 15.6. The maximum atomic E-state index is 5.52. The molecule has 0 aromatic heterocycles. The fourth-order valence-electron chi connectivity index (χ4n) is 2.48. The Morgan fingerprint density at radius 2 is 1.95 bits per heavy atom. The number of allylic oxidation sites excluding steroid dienone is 3. The molecule has 3 nitrogen and oxygen atoms in total. The highest BCUT2D eigenvalue weighted by Crippen LogP contribution is 2.37. The van der Waals surface area contributed by atoms with Gasteiger partial charge in [0, 0.05) is 12.1 Å². The van der Waals surface area contributed by atoms with Crippen molar-refractivity contribution >= 4 is 5.57 Å². The largest absolute Gasteiger partial charge is 0.497 e. The van der Waals surface area contributed by atoms with Crippen molar-refractivity contribution in [3.8, 4) is 11.5 Å². The van der Waals surface area contributed by atoms with E-state index in [1.54, 1.807) is 14.2 Å². The van der Waals surface area contributed by atoms with Crippen LogP contribution in [0.5, 0.6) is 11.5 Å². The third-order valence-electron chi connectivity index (χ3n) is 3.66. The molecule has 0 spiro atoms. The number of ether oxygens (including phenoxy) is 2. The molecule has 0 atom stereocenters. The van der Waals surface area contributed by atoms with Gasteiger partial charge in [-0.3, -0.25) is 0 Å². The van der Waals surface area contributed by atoms with Crippen molar-refractivity contribution < 1.29 is 9.47 Å². The molecule has 0 amide bonds. The molecule has 0 saturated carbocycles. The molecule has 0 N–H and O–H groups in total. The molecule has 1 aliphatic rings. The summed E-state index contributed by atoms with van der Waals surface area (Å²) in [6.07, 6.45) is 8.72. The van der Waals surface area contributed by atoms with E-state index in [1.807, 2.05) is 18.2 Å². The van der Waals surface area contributed by atoms with Gasteiger partial charge in [-0.1, -0.05) is 12.2 Å². The van der Waals surface area contributed by atoms with Crippen molar-refractivity contribution in [1.29, 1.82) is 0 Å². The van der Waals surface area contributed by atoms with Crippen LogP contribution in [-0.2, 0) is 0 Å². The Labute approximate surface area is 127 Å². The normalized spacial score (nSPS) is 14.7. The maximum absolute atomic E-state index is 5.52. The van der Waals surface area contributed by atoms with Crippen LogP contribution < -0.4 is 9.47 Å². The van der Waals surface area contributed by atoms with Gasteiger partial charge in [-0.25, -0.2) is 0 Å². The van der Waals surface area contributed by atoms with E-state index in [-0.39, 0.29) is 0 Å². The van der Waals surface area contributed by atoms with E-state index in [0.29, 0.717) is 0 Å². The van der Waals surface area contributed by atoms with E-state index in [4.69, 9.17) is 9.47 Å². The van der Waals surface area contributed by atoms with E-state index in [0.717, 1.165) is 36.4 Å². The van der Waals surface area contributed by atoms with Crippen molar-refractivity contribution in [3.05, 3.63) is 47.9 Å². The lowest BCUT2D eigenvalue weighted by Gasteiger charge is -2.21. The highest BCUT2D eigenvalue weighted by molar-refractivity contribution is 5.84. The summed E-state index contributed by atoms with van der Waals surface area (Å²) >= 11 is 0. The molecule has 0 bridgehead atoms. The van der Waals surface area contributed by atoms with Gasteiger partial charge in [-0.2, -0.15) is 0 Å². The average Bonchev–Trinajstić information content (AvgIpc) is 2.52. The lowest BCUT2D eigenvalue weighted by molar-refractivity contribution is 0.401. The Kier molecular flexibility index (Phi) is 5.45. The second-order valence-corrected chi connectivity index (χ2v) is 5.40. The summed E-state index contributed by atoms with van der Waals surface area (Å²) in [6.45, 7) is 1.04. The van der Waals surface area contributed by atoms with Gasteiger partial charge >= 0.3 is 0 Å². The summed E-state index contributed by atoms with van der Waals surface area (Å²) in [5.74, 6) is 1.73. The molecule has 1 aliphatic carbocycles. The van der Waals surface area contributed by atoms with Crippen LogP contribution in [0.1, 0.15) is 18.4 Å². The Morgan fingerprint density at radius 3 is 2.62 bits per heavy atom. The van der Waals surface area contributed by atoms with Crippen LogP contribution in [0.2, 0.25) is 0 Å². The zero-order valence-corrected chi connectivity index (χ0v) is 13.3. The standard InChI is InChI=1S/C18H24NO2/c1-19(2)12-11-14-7-5-6-8-16(14)17-13-15(20-3)9-10-18(17)21-4/h6-10,13H,5,11-12H2,1-4H3. The predicted molar refractivity (Wildman–Crippen MR) is 87.7 cm³/mol. The second-order valence-electron chi connectivity index (χ2n) is 5.40. The fraction of sp³-hybridized carbons (Fsp3) is 0.389. The lowest BCUT2D eigenvalue weighted by Crippen LogP contribution is -2.14. The summed E-state index contributed by atoms with van der Waals surface area (Å²) in [5.41, 5.74) is 3.70. The van der Waals surface area contributed by atoms with Gasteiger partial charge in [0.15, 0.2) is 0 Å². The molecular formula is C18H24NO2. The van der Waals surface area contributed by atoms with Crippen molar-refractivity contribution in [2.45, 2.75) is 12.8 Å². The molecular weight excluding hydrogens is 262 g/mol. The molecule has 3 heteroatoms. The van der Waals surface area contributed by atoms with Crippen LogP contribution in [0, 0.1) is 6.42 Å². The molecule has 2 rings (SSSR count). The first-order valence-electron chi connectivity index (χ1n) is 7.25. The summed E-state index contributed by atoms with van der Waals surface area (Å²) in [5, 5.41) is 0. The van der Waals surface area contributed by atoms with Crippen molar-refractivity contribution in [3.63, 3.8) is 0 Å². The van der Waals surface area contributed by atoms with Gasteiger partial charge in [-0.05, 0) is 62.7 Å². The molecule has 113 valence electrons. The third kappa shape index (κ3) is 3.88. The van der Waals surface area contributed by atoms with E-state index in [1.165, 1.54) is 11.1 Å². The maximum Gasteiger partial charge on any atom is 0.126 e. The van der Waals surface area contributed by atoms with Crippen LogP contribution in [0.15, 0.2) is 35.9 Å². The zero-order valence-electron chi connectivity index (χ0n) is 13.3. The minimum absolute atomic E-state index is 0.851. The Morgan fingerprint density at radius 1 is 1.14 bits per heavy atom. The monoisotopic (exact) mass is 286 g/mol. The molecule has 0 saturated heterocycles. The topological polar surface area (TPSA) is 21.7 Å². The molecule has 0 aliphatic heterocycles. The van der Waals surface area contributed by atoms with Gasteiger partial charge in [0.05, 0.1) is 14.2 Å². The summed E-state index contributed by atoms with van der Waals surface area (Å²) in [7, 11) is 7.60. The molecule has 1 aromatic carbocycles. The first-order chi connectivity index (χ1) is 10.2.